The second-order valence-electron chi connectivity index (χ2n) is 8.32. The lowest BCUT2D eigenvalue weighted by Crippen LogP contribution is -2.49. The van der Waals surface area contributed by atoms with E-state index < -0.39 is 35.2 Å². The number of carbonyl (C=O) groups is 1. The van der Waals surface area contributed by atoms with Crippen molar-refractivity contribution < 1.29 is 19.0 Å². The number of aliphatic hydroxyl groups excluding tert-OH is 1. The summed E-state index contributed by atoms with van der Waals surface area (Å²) in [6.07, 6.45) is -0.251. The van der Waals surface area contributed by atoms with Crippen LogP contribution in [0, 0.1) is 11.7 Å². The highest BCUT2D eigenvalue weighted by Gasteiger charge is 2.63. The lowest BCUT2D eigenvalue weighted by molar-refractivity contribution is -0.00943. The molecular weight excluding hydrogens is 339 g/mol. The fourth-order valence-electron chi connectivity index (χ4n) is 4.21. The Morgan fingerprint density at radius 3 is 2.73 bits per heavy atom. The minimum Gasteiger partial charge on any atom is -0.444 e. The van der Waals surface area contributed by atoms with Gasteiger partial charge in [-0.3, -0.25) is 4.90 Å². The predicted octanol–water partition coefficient (Wildman–Crippen LogP) is 4.59. The number of halogens is 1. The molecular formula is C18H23FN4O3. The monoisotopic (exact) mass is 362 g/mol. The lowest BCUT2D eigenvalue weighted by atomic mass is 9.72. The van der Waals surface area contributed by atoms with Gasteiger partial charge in [-0.15, -0.1) is 0 Å². The average molecular weight is 362 g/mol. The first-order valence-electron chi connectivity index (χ1n) is 8.61. The number of ether oxygens (including phenoxy) is 1. The summed E-state index contributed by atoms with van der Waals surface area (Å²) in [5.41, 5.74) is 7.34. The molecule has 1 saturated carbocycles. The highest BCUT2D eigenvalue weighted by Crippen LogP contribution is 2.57. The molecule has 26 heavy (non-hydrogen) atoms. The van der Waals surface area contributed by atoms with Gasteiger partial charge in [-0.2, -0.15) is 0 Å². The van der Waals surface area contributed by atoms with Crippen molar-refractivity contribution in [1.29, 1.82) is 0 Å². The summed E-state index contributed by atoms with van der Waals surface area (Å²) in [5, 5.41) is 14.2. The van der Waals surface area contributed by atoms with E-state index in [9.17, 15) is 14.3 Å². The van der Waals surface area contributed by atoms with Crippen LogP contribution in [0.15, 0.2) is 23.3 Å². The van der Waals surface area contributed by atoms with E-state index in [1.54, 1.807) is 25.7 Å². The number of amides is 1. The third-order valence-corrected chi connectivity index (χ3v) is 5.16. The van der Waals surface area contributed by atoms with E-state index in [-0.39, 0.29) is 17.2 Å². The number of hydrogen-bond donors (Lipinski definition) is 1. The molecule has 0 unspecified atom stereocenters. The fraction of sp³-hybridized carbons (Fsp3) is 0.611. The Labute approximate surface area is 151 Å². The van der Waals surface area contributed by atoms with Crippen LogP contribution in [0.3, 0.4) is 0 Å². The molecule has 1 aromatic carbocycles. The molecule has 3 fully saturated rings. The molecule has 7 nitrogen and oxygen atoms in total. The smallest absolute Gasteiger partial charge is 0.411 e. The molecule has 0 aromatic heterocycles. The minimum absolute atomic E-state index is 0.0182. The second-order valence-corrected chi connectivity index (χ2v) is 8.32. The highest BCUT2D eigenvalue weighted by atomic mass is 19.1. The Morgan fingerprint density at radius 2 is 2.15 bits per heavy atom. The molecule has 1 N–H and O–H groups in total. The molecule has 2 heterocycles. The number of benzene rings is 1. The molecule has 4 rings (SSSR count). The van der Waals surface area contributed by atoms with E-state index in [0.29, 0.717) is 0 Å². The Kier molecular flexibility index (Phi) is 4.37. The van der Waals surface area contributed by atoms with E-state index in [4.69, 9.17) is 10.3 Å². The van der Waals surface area contributed by atoms with E-state index in [1.165, 1.54) is 18.2 Å². The van der Waals surface area contributed by atoms with Gasteiger partial charge in [-0.05, 0) is 58.1 Å². The SMILES string of the molecule is CC(C)(C)OC(=O)N1[C@@H]([C@H](O)c2cccc(N=[N+]=[N-])c2F)C2CC1(C)C2. The van der Waals surface area contributed by atoms with Gasteiger partial charge in [-0.25, -0.2) is 9.18 Å². The molecule has 0 radical (unpaired) electrons. The van der Waals surface area contributed by atoms with Crippen LogP contribution in [0.2, 0.25) is 0 Å². The first kappa shape index (κ1) is 18.5. The number of fused-ring (bicyclic) bond motifs is 1. The maximum atomic E-state index is 14.6. The predicted molar refractivity (Wildman–Crippen MR) is 93.2 cm³/mol. The number of rotatable bonds is 3. The molecule has 0 spiro atoms. The zero-order valence-electron chi connectivity index (χ0n) is 15.3. The molecule has 3 aliphatic rings. The Morgan fingerprint density at radius 1 is 1.50 bits per heavy atom. The third-order valence-electron chi connectivity index (χ3n) is 5.16. The van der Waals surface area contributed by atoms with Crippen LogP contribution >= 0.6 is 0 Å². The van der Waals surface area contributed by atoms with Gasteiger partial charge in [0.05, 0.1) is 11.7 Å². The van der Waals surface area contributed by atoms with Crippen molar-refractivity contribution in [2.24, 2.45) is 11.0 Å². The first-order valence-corrected chi connectivity index (χ1v) is 8.61. The van der Waals surface area contributed by atoms with Gasteiger partial charge in [0, 0.05) is 16.0 Å². The zero-order chi connectivity index (χ0) is 19.3. The molecule has 2 aliphatic heterocycles. The second kappa shape index (κ2) is 6.14. The van der Waals surface area contributed by atoms with Gasteiger partial charge in [0.1, 0.15) is 17.5 Å². The maximum absolute atomic E-state index is 14.6. The van der Waals surface area contributed by atoms with Gasteiger partial charge in [0.25, 0.3) is 0 Å². The maximum Gasteiger partial charge on any atom is 0.411 e. The van der Waals surface area contributed by atoms with Crippen molar-refractivity contribution in [2.75, 3.05) is 0 Å². The highest BCUT2D eigenvalue weighted by molar-refractivity contribution is 5.71. The van der Waals surface area contributed by atoms with E-state index in [1.807, 2.05) is 6.92 Å². The summed E-state index contributed by atoms with van der Waals surface area (Å²) in [4.78, 5) is 16.9. The quantitative estimate of drug-likeness (QED) is 0.483. The molecule has 1 aromatic rings. The number of azide groups is 1. The minimum atomic E-state index is -1.23. The van der Waals surface area contributed by atoms with Crippen LogP contribution in [0.5, 0.6) is 0 Å². The average Bonchev–Trinajstić information content (AvgIpc) is 2.95. The number of nitrogens with zero attached hydrogens (tertiary/aromatic N) is 4. The van der Waals surface area contributed by atoms with Crippen molar-refractivity contribution in [3.63, 3.8) is 0 Å². The number of carbonyl (C=O) groups excluding carboxylic acids is 1. The Bertz CT molecular complexity index is 779. The Hall–Kier alpha value is -2.31. The van der Waals surface area contributed by atoms with Crippen molar-refractivity contribution in [1.82, 2.24) is 4.90 Å². The molecule has 1 aliphatic carbocycles. The Balaban J connectivity index is 1.94. The van der Waals surface area contributed by atoms with Crippen molar-refractivity contribution in [2.45, 2.75) is 63.8 Å². The molecule has 2 atom stereocenters. The third kappa shape index (κ3) is 2.99. The van der Waals surface area contributed by atoms with Gasteiger partial charge in [0.2, 0.25) is 0 Å². The first-order chi connectivity index (χ1) is 12.1. The van der Waals surface area contributed by atoms with Gasteiger partial charge >= 0.3 is 6.09 Å². The number of hydrogen-bond acceptors (Lipinski definition) is 4. The lowest BCUT2D eigenvalue weighted by Gasteiger charge is -2.39. The summed E-state index contributed by atoms with van der Waals surface area (Å²) in [5.74, 6) is -0.693. The van der Waals surface area contributed by atoms with E-state index in [0.717, 1.165) is 12.8 Å². The zero-order valence-corrected chi connectivity index (χ0v) is 15.3. The van der Waals surface area contributed by atoms with Crippen molar-refractivity contribution >= 4 is 11.8 Å². The summed E-state index contributed by atoms with van der Waals surface area (Å²) >= 11 is 0. The molecule has 140 valence electrons. The molecule has 2 bridgehead atoms. The van der Waals surface area contributed by atoms with E-state index >= 15 is 0 Å². The van der Waals surface area contributed by atoms with Crippen LogP contribution in [0.25, 0.3) is 10.4 Å². The number of aliphatic hydroxyl groups is 1. The molecule has 2 saturated heterocycles. The van der Waals surface area contributed by atoms with Crippen LogP contribution < -0.4 is 0 Å². The largest absolute Gasteiger partial charge is 0.444 e. The van der Waals surface area contributed by atoms with Crippen molar-refractivity contribution in [3.05, 3.63) is 40.0 Å². The topological polar surface area (TPSA) is 98.5 Å². The van der Waals surface area contributed by atoms with Crippen molar-refractivity contribution in [3.8, 4) is 0 Å². The summed E-state index contributed by atoms with van der Waals surface area (Å²) in [6.45, 7) is 7.29. The van der Waals surface area contributed by atoms with Crippen LogP contribution in [-0.4, -0.2) is 33.3 Å². The summed E-state index contributed by atoms with van der Waals surface area (Å²) in [6, 6.07) is 3.73. The summed E-state index contributed by atoms with van der Waals surface area (Å²) < 4.78 is 20.1. The van der Waals surface area contributed by atoms with Crippen LogP contribution in [0.1, 0.15) is 52.2 Å². The summed E-state index contributed by atoms with van der Waals surface area (Å²) in [7, 11) is 0. The van der Waals surface area contributed by atoms with E-state index in [2.05, 4.69) is 10.0 Å². The molecule has 8 heteroatoms. The normalized spacial score (nSPS) is 28.2. The molecule has 1 amide bonds. The fourth-order valence-corrected chi connectivity index (χ4v) is 4.21. The van der Waals surface area contributed by atoms with Gasteiger partial charge < -0.3 is 9.84 Å². The van der Waals surface area contributed by atoms with Gasteiger partial charge in [-0.1, -0.05) is 17.2 Å². The van der Waals surface area contributed by atoms with Gasteiger partial charge in [0.15, 0.2) is 0 Å². The van der Waals surface area contributed by atoms with Crippen LogP contribution in [-0.2, 0) is 4.74 Å². The van der Waals surface area contributed by atoms with Crippen LogP contribution in [0.4, 0.5) is 14.9 Å². The standard InChI is InChI=1S/C18H23FN4O3/c1-17(2,3)26-16(25)23-14(10-8-18(23,4)9-10)15(24)11-6-5-7-12(13(11)19)21-22-20/h5-7,10,14-15,24H,8-9H2,1-4H3/t10?,14-,15-,18?/m1/s1.